The Balaban J connectivity index is 1.87. The highest BCUT2D eigenvalue weighted by molar-refractivity contribution is 14.1. The van der Waals surface area contributed by atoms with Gasteiger partial charge in [-0.2, -0.15) is 0 Å². The van der Waals surface area contributed by atoms with E-state index in [2.05, 4.69) is 34.7 Å². The van der Waals surface area contributed by atoms with Crippen molar-refractivity contribution in [1.82, 2.24) is 0 Å². The fourth-order valence-corrected chi connectivity index (χ4v) is 5.26. The van der Waals surface area contributed by atoms with E-state index < -0.39 is 11.0 Å². The van der Waals surface area contributed by atoms with E-state index >= 15 is 0 Å². The second-order valence-electron chi connectivity index (χ2n) is 5.99. The summed E-state index contributed by atoms with van der Waals surface area (Å²) < 4.78 is 6.73. The molecule has 4 aliphatic rings. The lowest BCUT2D eigenvalue weighted by atomic mass is 9.53. The number of carbonyl (C=O) groups is 1. The number of aliphatic hydroxyl groups excluding tert-OH is 1. The third-order valence-corrected chi connectivity index (χ3v) is 6.17. The van der Waals surface area contributed by atoms with Gasteiger partial charge in [-0.25, -0.2) is 0 Å². The minimum Gasteiger partial charge on any atom is -0.395 e. The average Bonchev–Trinajstić information content (AvgIpc) is 3.26. The van der Waals surface area contributed by atoms with Crippen LogP contribution in [0.2, 0.25) is 0 Å². The lowest BCUT2D eigenvalue weighted by Crippen LogP contribution is -2.58. The zero-order valence-corrected chi connectivity index (χ0v) is 13.0. The summed E-state index contributed by atoms with van der Waals surface area (Å²) in [6, 6.07) is 10.1. The predicted molar refractivity (Wildman–Crippen MR) is 82.6 cm³/mol. The van der Waals surface area contributed by atoms with E-state index in [1.54, 1.807) is 0 Å². The maximum atomic E-state index is 12.9. The summed E-state index contributed by atoms with van der Waals surface area (Å²) in [6.45, 7) is 0.371. The Labute approximate surface area is 131 Å². The number of ketones is 1. The summed E-state index contributed by atoms with van der Waals surface area (Å²) in [4.78, 5) is 12.9. The SMILES string of the molecule is O=C1C2(CO)C=C(I)C(CC2c2ccccc2)[C@@]12CO2. The lowest BCUT2D eigenvalue weighted by Gasteiger charge is -2.50. The quantitative estimate of drug-likeness (QED) is 0.632. The summed E-state index contributed by atoms with van der Waals surface area (Å²) in [5.74, 6) is 0.298. The zero-order chi connectivity index (χ0) is 14.0. The van der Waals surface area contributed by atoms with E-state index in [1.165, 1.54) is 3.58 Å². The monoisotopic (exact) mass is 382 g/mol. The lowest BCUT2D eigenvalue weighted by molar-refractivity contribution is -0.142. The number of hydrogen-bond acceptors (Lipinski definition) is 3. The minimum atomic E-state index is -0.802. The van der Waals surface area contributed by atoms with Gasteiger partial charge in [-0.15, -0.1) is 0 Å². The van der Waals surface area contributed by atoms with Crippen LogP contribution in [0.1, 0.15) is 17.9 Å². The molecular weight excluding hydrogens is 367 g/mol. The second kappa shape index (κ2) is 4.15. The van der Waals surface area contributed by atoms with Crippen molar-refractivity contribution in [2.45, 2.75) is 17.9 Å². The molecule has 1 saturated heterocycles. The molecule has 1 N–H and O–H groups in total. The Bertz CT molecular complexity index is 605. The Morgan fingerprint density at radius 2 is 2.00 bits per heavy atom. The van der Waals surface area contributed by atoms with E-state index in [4.69, 9.17) is 4.74 Å². The first-order chi connectivity index (χ1) is 9.64. The highest BCUT2D eigenvalue weighted by Gasteiger charge is 2.71. The van der Waals surface area contributed by atoms with Gasteiger partial charge in [0.15, 0.2) is 11.4 Å². The standard InChI is InChI=1S/C16H15IO3/c17-13-7-15(8-18)11(10-4-2-1-3-5-10)6-12(13)16(9-20-16)14(15)19/h1-5,7,11-12,18H,6,8-9H2/t11?,12?,15?,16-/m0/s1. The Morgan fingerprint density at radius 1 is 1.30 bits per heavy atom. The van der Waals surface area contributed by atoms with Crippen LogP contribution < -0.4 is 0 Å². The fourth-order valence-electron chi connectivity index (χ4n) is 3.95. The molecule has 2 fully saturated rings. The van der Waals surface area contributed by atoms with Crippen LogP contribution in [0.5, 0.6) is 0 Å². The Hall–Kier alpha value is -0.720. The molecule has 4 atom stereocenters. The van der Waals surface area contributed by atoms with Crippen LogP contribution in [0.25, 0.3) is 0 Å². The molecule has 3 nitrogen and oxygen atoms in total. The molecule has 1 heterocycles. The molecule has 3 aliphatic carbocycles. The largest absolute Gasteiger partial charge is 0.395 e. The molecule has 1 spiro atoms. The number of benzene rings is 1. The summed E-state index contributed by atoms with van der Waals surface area (Å²) in [6.07, 6.45) is 2.87. The highest BCUT2D eigenvalue weighted by atomic mass is 127. The van der Waals surface area contributed by atoms with Gasteiger partial charge in [0, 0.05) is 11.8 Å². The molecule has 0 amide bonds. The number of fused-ring (bicyclic) bond motifs is 1. The number of ether oxygens (including phenoxy) is 1. The molecule has 1 aliphatic heterocycles. The van der Waals surface area contributed by atoms with E-state index in [9.17, 15) is 9.90 Å². The van der Waals surface area contributed by atoms with Gasteiger partial charge < -0.3 is 9.84 Å². The summed E-state index contributed by atoms with van der Waals surface area (Å²) in [5, 5.41) is 10.0. The molecule has 3 unspecified atom stereocenters. The van der Waals surface area contributed by atoms with E-state index in [1.807, 2.05) is 24.3 Å². The van der Waals surface area contributed by atoms with Crippen molar-refractivity contribution < 1.29 is 14.6 Å². The molecule has 104 valence electrons. The van der Waals surface area contributed by atoms with Crippen LogP contribution >= 0.6 is 22.6 Å². The van der Waals surface area contributed by atoms with Crippen LogP contribution in [0.4, 0.5) is 0 Å². The number of Topliss-reactive ketones (excluding diaryl/α,β-unsaturated/α-hetero) is 1. The highest BCUT2D eigenvalue weighted by Crippen LogP contribution is 2.63. The number of epoxide rings is 1. The normalized spacial score (nSPS) is 41.9. The molecule has 0 radical (unpaired) electrons. The first-order valence-electron chi connectivity index (χ1n) is 6.87. The second-order valence-corrected chi connectivity index (χ2v) is 7.23. The van der Waals surface area contributed by atoms with Crippen molar-refractivity contribution in [1.29, 1.82) is 0 Å². The van der Waals surface area contributed by atoms with Crippen molar-refractivity contribution in [2.75, 3.05) is 13.2 Å². The summed E-state index contributed by atoms with van der Waals surface area (Å²) >= 11 is 2.30. The van der Waals surface area contributed by atoms with Crippen molar-refractivity contribution in [3.05, 3.63) is 45.6 Å². The number of rotatable bonds is 2. The molecule has 0 aromatic heterocycles. The van der Waals surface area contributed by atoms with Gasteiger partial charge in [-0.1, -0.05) is 36.4 Å². The zero-order valence-electron chi connectivity index (χ0n) is 10.9. The van der Waals surface area contributed by atoms with Gasteiger partial charge in [-0.3, -0.25) is 4.79 Å². The first kappa shape index (κ1) is 13.0. The summed E-state index contributed by atoms with van der Waals surface area (Å²) in [7, 11) is 0. The van der Waals surface area contributed by atoms with E-state index in [-0.39, 0.29) is 24.2 Å². The maximum absolute atomic E-state index is 12.9. The van der Waals surface area contributed by atoms with E-state index in [0.717, 1.165) is 12.0 Å². The van der Waals surface area contributed by atoms with Crippen molar-refractivity contribution in [3.63, 3.8) is 0 Å². The molecular formula is C16H15IO3. The number of carbonyl (C=O) groups excluding carboxylic acids is 1. The number of hydrogen-bond donors (Lipinski definition) is 1. The third-order valence-electron chi connectivity index (χ3n) is 5.11. The molecule has 1 aromatic rings. The molecule has 4 heteroatoms. The van der Waals surface area contributed by atoms with Crippen LogP contribution in [0, 0.1) is 11.3 Å². The predicted octanol–water partition coefficient (Wildman–Crippen LogP) is 2.44. The van der Waals surface area contributed by atoms with Crippen LogP contribution in [0.3, 0.4) is 0 Å². The first-order valence-corrected chi connectivity index (χ1v) is 7.95. The average molecular weight is 382 g/mol. The topological polar surface area (TPSA) is 49.8 Å². The van der Waals surface area contributed by atoms with Crippen LogP contribution in [0.15, 0.2) is 40.0 Å². The molecule has 1 aromatic carbocycles. The fraction of sp³-hybridized carbons (Fsp3) is 0.438. The summed E-state index contributed by atoms with van der Waals surface area (Å²) in [5.41, 5.74) is -0.293. The third kappa shape index (κ3) is 1.45. The molecule has 2 bridgehead atoms. The van der Waals surface area contributed by atoms with Crippen molar-refractivity contribution in [3.8, 4) is 0 Å². The number of aliphatic hydroxyl groups is 1. The maximum Gasteiger partial charge on any atom is 0.180 e. The van der Waals surface area contributed by atoms with Crippen molar-refractivity contribution >= 4 is 28.4 Å². The van der Waals surface area contributed by atoms with Gasteiger partial charge in [0.05, 0.1) is 18.6 Å². The van der Waals surface area contributed by atoms with Gasteiger partial charge in [0.1, 0.15) is 0 Å². The van der Waals surface area contributed by atoms with Gasteiger partial charge in [-0.05, 0) is 38.2 Å². The number of halogens is 1. The van der Waals surface area contributed by atoms with Crippen LogP contribution in [-0.2, 0) is 9.53 Å². The minimum absolute atomic E-state index is 0.0551. The van der Waals surface area contributed by atoms with E-state index in [0.29, 0.717) is 6.61 Å². The van der Waals surface area contributed by atoms with Crippen LogP contribution in [-0.4, -0.2) is 29.7 Å². The molecule has 20 heavy (non-hydrogen) atoms. The molecule has 5 rings (SSSR count). The Morgan fingerprint density at radius 3 is 2.60 bits per heavy atom. The molecule has 1 saturated carbocycles. The van der Waals surface area contributed by atoms with Gasteiger partial charge in [0.2, 0.25) is 0 Å². The smallest absolute Gasteiger partial charge is 0.180 e. The van der Waals surface area contributed by atoms with Gasteiger partial charge in [0.25, 0.3) is 0 Å². The van der Waals surface area contributed by atoms with Gasteiger partial charge >= 0.3 is 0 Å². The Kier molecular flexibility index (Phi) is 2.69. The van der Waals surface area contributed by atoms with Crippen molar-refractivity contribution in [2.24, 2.45) is 11.3 Å².